The van der Waals surface area contributed by atoms with Crippen molar-refractivity contribution in [3.05, 3.63) is 59.7 Å². The van der Waals surface area contributed by atoms with E-state index in [0.717, 1.165) is 32.4 Å². The first-order valence-corrected chi connectivity index (χ1v) is 9.61. The number of para-hydroxylation sites is 1. The number of carbonyl (C=O) groups excluding carboxylic acids is 2. The average molecular weight is 366 g/mol. The van der Waals surface area contributed by atoms with Crippen LogP contribution in [0.25, 0.3) is 0 Å². The van der Waals surface area contributed by atoms with Crippen LogP contribution in [0.2, 0.25) is 0 Å². The Bertz CT molecular complexity index is 780. The highest BCUT2D eigenvalue weighted by atomic mass is 16.5. The Morgan fingerprint density at radius 1 is 1.00 bits per heavy atom. The van der Waals surface area contributed by atoms with Crippen LogP contribution in [0.15, 0.2) is 48.5 Å². The Morgan fingerprint density at radius 3 is 2.41 bits per heavy atom. The number of amides is 2. The number of hydrogen-bond donors (Lipinski definition) is 1. The molecule has 1 N–H and O–H groups in total. The fraction of sp³-hybridized carbons (Fsp3) is 0.364. The number of hydrogen-bond acceptors (Lipinski definition) is 3. The molecule has 1 saturated heterocycles. The van der Waals surface area contributed by atoms with Gasteiger partial charge in [-0.25, -0.2) is 0 Å². The number of carbonyl (C=O) groups is 2. The van der Waals surface area contributed by atoms with Gasteiger partial charge in [0.05, 0.1) is 12.2 Å². The summed E-state index contributed by atoms with van der Waals surface area (Å²) in [6.07, 6.45) is 4.21. The fourth-order valence-electron chi connectivity index (χ4n) is 3.17. The van der Waals surface area contributed by atoms with Gasteiger partial charge in [-0.2, -0.15) is 0 Å². The Labute approximate surface area is 160 Å². The third-order valence-corrected chi connectivity index (χ3v) is 4.63. The van der Waals surface area contributed by atoms with Crippen molar-refractivity contribution in [2.45, 2.75) is 32.6 Å². The van der Waals surface area contributed by atoms with E-state index in [9.17, 15) is 9.59 Å². The molecule has 0 radical (unpaired) electrons. The quantitative estimate of drug-likeness (QED) is 0.827. The third-order valence-electron chi connectivity index (χ3n) is 4.63. The van der Waals surface area contributed by atoms with Crippen LogP contribution >= 0.6 is 0 Å². The van der Waals surface area contributed by atoms with Crippen molar-refractivity contribution in [2.24, 2.45) is 0 Å². The summed E-state index contributed by atoms with van der Waals surface area (Å²) in [4.78, 5) is 27.0. The fourth-order valence-corrected chi connectivity index (χ4v) is 3.17. The molecule has 1 heterocycles. The van der Waals surface area contributed by atoms with Crippen molar-refractivity contribution in [3.8, 4) is 5.75 Å². The number of nitrogens with zero attached hydrogens (tertiary/aromatic N) is 1. The maximum atomic E-state index is 12.6. The summed E-state index contributed by atoms with van der Waals surface area (Å²) in [5, 5.41) is 2.88. The predicted molar refractivity (Wildman–Crippen MR) is 106 cm³/mol. The Kier molecular flexibility index (Phi) is 6.47. The minimum absolute atomic E-state index is 0.0610. The van der Waals surface area contributed by atoms with Crippen LogP contribution in [0.5, 0.6) is 5.75 Å². The maximum Gasteiger partial charge on any atom is 0.259 e. The molecule has 0 spiro atoms. The van der Waals surface area contributed by atoms with Crippen molar-refractivity contribution in [2.75, 3.05) is 25.0 Å². The molecule has 0 aromatic heterocycles. The van der Waals surface area contributed by atoms with Gasteiger partial charge >= 0.3 is 0 Å². The summed E-state index contributed by atoms with van der Waals surface area (Å²) in [6, 6.07) is 14.3. The largest absolute Gasteiger partial charge is 0.493 e. The standard InChI is InChI=1S/C22H26N2O3/c1-2-16-27-20-9-5-4-8-19(20)21(25)23-18-12-10-17(11-13-18)22(26)24-14-6-3-7-15-24/h4-5,8-13H,2-3,6-7,14-16H2,1H3,(H,23,25). The van der Waals surface area contributed by atoms with E-state index < -0.39 is 0 Å². The van der Waals surface area contributed by atoms with Crippen molar-refractivity contribution >= 4 is 17.5 Å². The predicted octanol–water partition coefficient (Wildman–Crippen LogP) is 4.35. The average Bonchev–Trinajstić information content (AvgIpc) is 2.73. The lowest BCUT2D eigenvalue weighted by Gasteiger charge is -2.26. The summed E-state index contributed by atoms with van der Waals surface area (Å²) in [6.45, 7) is 4.24. The van der Waals surface area contributed by atoms with Crippen LogP contribution < -0.4 is 10.1 Å². The molecule has 0 saturated carbocycles. The van der Waals surface area contributed by atoms with E-state index in [4.69, 9.17) is 4.74 Å². The maximum absolute atomic E-state index is 12.6. The molecule has 27 heavy (non-hydrogen) atoms. The molecule has 142 valence electrons. The monoisotopic (exact) mass is 366 g/mol. The first-order chi connectivity index (χ1) is 13.2. The first-order valence-electron chi connectivity index (χ1n) is 9.61. The zero-order chi connectivity index (χ0) is 19.1. The van der Waals surface area contributed by atoms with Gasteiger partial charge in [0, 0.05) is 24.3 Å². The van der Waals surface area contributed by atoms with Gasteiger partial charge in [0.2, 0.25) is 0 Å². The van der Waals surface area contributed by atoms with E-state index in [1.54, 1.807) is 36.4 Å². The van der Waals surface area contributed by atoms with Gasteiger partial charge in [0.15, 0.2) is 0 Å². The summed E-state index contributed by atoms with van der Waals surface area (Å²) >= 11 is 0. The Hall–Kier alpha value is -2.82. The second-order valence-electron chi connectivity index (χ2n) is 6.73. The number of ether oxygens (including phenoxy) is 1. The number of piperidine rings is 1. The van der Waals surface area contributed by atoms with Gasteiger partial charge in [-0.05, 0) is 62.1 Å². The van der Waals surface area contributed by atoms with Crippen molar-refractivity contribution in [3.63, 3.8) is 0 Å². The molecule has 1 aliphatic heterocycles. The minimum Gasteiger partial charge on any atom is -0.493 e. The number of anilines is 1. The second-order valence-corrected chi connectivity index (χ2v) is 6.73. The van der Waals surface area contributed by atoms with Crippen LogP contribution in [0.3, 0.4) is 0 Å². The van der Waals surface area contributed by atoms with Gasteiger partial charge < -0.3 is 15.0 Å². The molecule has 0 unspecified atom stereocenters. The highest BCUT2D eigenvalue weighted by Crippen LogP contribution is 2.21. The van der Waals surface area contributed by atoms with Gasteiger partial charge in [-0.1, -0.05) is 19.1 Å². The second kappa shape index (κ2) is 9.21. The Morgan fingerprint density at radius 2 is 1.70 bits per heavy atom. The highest BCUT2D eigenvalue weighted by Gasteiger charge is 2.18. The molecule has 2 aromatic carbocycles. The van der Waals surface area contributed by atoms with Crippen LogP contribution in [0.1, 0.15) is 53.3 Å². The van der Waals surface area contributed by atoms with E-state index in [-0.39, 0.29) is 11.8 Å². The smallest absolute Gasteiger partial charge is 0.259 e. The first kappa shape index (κ1) is 19.0. The van der Waals surface area contributed by atoms with E-state index in [1.165, 1.54) is 6.42 Å². The van der Waals surface area contributed by atoms with Crippen LogP contribution in [0.4, 0.5) is 5.69 Å². The van der Waals surface area contributed by atoms with Gasteiger partial charge in [0.25, 0.3) is 11.8 Å². The summed E-state index contributed by atoms with van der Waals surface area (Å²) < 4.78 is 5.65. The number of benzene rings is 2. The molecule has 1 aliphatic rings. The summed E-state index contributed by atoms with van der Waals surface area (Å²) in [5.41, 5.74) is 1.81. The highest BCUT2D eigenvalue weighted by molar-refractivity contribution is 6.06. The molecule has 5 nitrogen and oxygen atoms in total. The molecule has 1 fully saturated rings. The molecule has 2 aromatic rings. The van der Waals surface area contributed by atoms with E-state index in [0.29, 0.717) is 29.2 Å². The van der Waals surface area contributed by atoms with Crippen LogP contribution in [0, 0.1) is 0 Å². The van der Waals surface area contributed by atoms with E-state index in [1.807, 2.05) is 24.0 Å². The van der Waals surface area contributed by atoms with Crippen molar-refractivity contribution in [1.82, 2.24) is 4.90 Å². The van der Waals surface area contributed by atoms with Gasteiger partial charge in [0.1, 0.15) is 5.75 Å². The SMILES string of the molecule is CCCOc1ccccc1C(=O)Nc1ccc(C(=O)N2CCCCC2)cc1. The number of nitrogens with one attached hydrogen (secondary N) is 1. The van der Waals surface area contributed by atoms with Crippen molar-refractivity contribution in [1.29, 1.82) is 0 Å². The molecule has 0 bridgehead atoms. The zero-order valence-electron chi connectivity index (χ0n) is 15.7. The topological polar surface area (TPSA) is 58.6 Å². The summed E-state index contributed by atoms with van der Waals surface area (Å²) in [5.74, 6) is 0.413. The van der Waals surface area contributed by atoms with Gasteiger partial charge in [-0.3, -0.25) is 9.59 Å². The lowest BCUT2D eigenvalue weighted by Crippen LogP contribution is -2.35. The lowest BCUT2D eigenvalue weighted by atomic mass is 10.1. The molecule has 2 amide bonds. The number of rotatable bonds is 6. The third kappa shape index (κ3) is 4.88. The molecular weight excluding hydrogens is 340 g/mol. The van der Waals surface area contributed by atoms with Crippen molar-refractivity contribution < 1.29 is 14.3 Å². The van der Waals surface area contributed by atoms with Crippen LogP contribution in [-0.2, 0) is 0 Å². The molecule has 0 aliphatic carbocycles. The normalized spacial score (nSPS) is 13.9. The Balaban J connectivity index is 1.66. The molecule has 0 atom stereocenters. The van der Waals surface area contributed by atoms with E-state index >= 15 is 0 Å². The molecular formula is C22H26N2O3. The summed E-state index contributed by atoms with van der Waals surface area (Å²) in [7, 11) is 0. The lowest BCUT2D eigenvalue weighted by molar-refractivity contribution is 0.0724. The molecule has 3 rings (SSSR count). The number of likely N-dealkylation sites (tertiary alicyclic amines) is 1. The van der Waals surface area contributed by atoms with E-state index in [2.05, 4.69) is 5.32 Å². The zero-order valence-corrected chi connectivity index (χ0v) is 15.7. The minimum atomic E-state index is -0.225. The molecule has 5 heteroatoms. The van der Waals surface area contributed by atoms with Crippen LogP contribution in [-0.4, -0.2) is 36.4 Å². The van der Waals surface area contributed by atoms with Gasteiger partial charge in [-0.15, -0.1) is 0 Å².